The Kier molecular flexibility index (Phi) is 7.25. The molecule has 0 saturated carbocycles. The summed E-state index contributed by atoms with van der Waals surface area (Å²) in [6.45, 7) is 13.0. The Bertz CT molecular complexity index is 924. The third-order valence-electron chi connectivity index (χ3n) is 6.71. The molecule has 0 radical (unpaired) electrons. The molecule has 3 rings (SSSR count). The van der Waals surface area contributed by atoms with E-state index < -0.39 is 26.4 Å². The molecule has 0 aliphatic carbocycles. The maximum atomic E-state index is 13.7. The van der Waals surface area contributed by atoms with Gasteiger partial charge in [0, 0.05) is 0 Å². The SMILES string of the molecule is C[C@H](C(=O)N1C(=O)OC[C@@H]1Cc1ccccc1)[C@@H](O[Si](C)(C)C(C)(C)C)c1ccccc1. The number of hydrogen-bond acceptors (Lipinski definition) is 4. The van der Waals surface area contributed by atoms with Crippen LogP contribution in [0.1, 0.15) is 44.9 Å². The van der Waals surface area contributed by atoms with Crippen LogP contribution in [0.4, 0.5) is 4.79 Å². The monoisotopic (exact) mass is 453 g/mol. The molecule has 2 aromatic rings. The van der Waals surface area contributed by atoms with Crippen LogP contribution in [0, 0.1) is 5.92 Å². The van der Waals surface area contributed by atoms with Crippen LogP contribution in [-0.4, -0.2) is 37.9 Å². The van der Waals surface area contributed by atoms with Crippen molar-refractivity contribution < 1.29 is 18.8 Å². The molecule has 32 heavy (non-hydrogen) atoms. The van der Waals surface area contributed by atoms with Crippen LogP contribution in [0.15, 0.2) is 60.7 Å². The van der Waals surface area contributed by atoms with Crippen LogP contribution in [-0.2, 0) is 20.4 Å². The van der Waals surface area contributed by atoms with Crippen LogP contribution in [0.3, 0.4) is 0 Å². The summed E-state index contributed by atoms with van der Waals surface area (Å²) in [5, 5.41) is -0.00871. The van der Waals surface area contributed by atoms with Gasteiger partial charge in [-0.2, -0.15) is 0 Å². The van der Waals surface area contributed by atoms with Gasteiger partial charge < -0.3 is 9.16 Å². The summed E-state index contributed by atoms with van der Waals surface area (Å²) >= 11 is 0. The number of hydrogen-bond donors (Lipinski definition) is 0. The van der Waals surface area contributed by atoms with E-state index in [0.29, 0.717) is 6.42 Å². The minimum atomic E-state index is -2.18. The summed E-state index contributed by atoms with van der Waals surface area (Å²) in [7, 11) is -2.18. The summed E-state index contributed by atoms with van der Waals surface area (Å²) < 4.78 is 12.1. The minimum Gasteiger partial charge on any atom is -0.447 e. The Balaban J connectivity index is 1.88. The summed E-state index contributed by atoms with van der Waals surface area (Å²) in [5.74, 6) is -0.781. The van der Waals surface area contributed by atoms with Crippen molar-refractivity contribution in [2.45, 2.75) is 64.4 Å². The first kappa shape index (κ1) is 24.2. The van der Waals surface area contributed by atoms with Crippen LogP contribution in [0.2, 0.25) is 18.1 Å². The highest BCUT2D eigenvalue weighted by atomic mass is 28.4. The Morgan fingerprint density at radius 2 is 1.66 bits per heavy atom. The lowest BCUT2D eigenvalue weighted by Crippen LogP contribution is -2.47. The summed E-state index contributed by atoms with van der Waals surface area (Å²) in [6, 6.07) is 19.4. The van der Waals surface area contributed by atoms with Crippen LogP contribution in [0.5, 0.6) is 0 Å². The van der Waals surface area contributed by atoms with E-state index in [1.165, 1.54) is 4.90 Å². The molecular weight excluding hydrogens is 418 g/mol. The van der Waals surface area contributed by atoms with Gasteiger partial charge in [0.25, 0.3) is 0 Å². The number of imide groups is 1. The Hall–Kier alpha value is -2.44. The lowest BCUT2D eigenvalue weighted by atomic mass is 9.95. The van der Waals surface area contributed by atoms with Crippen molar-refractivity contribution in [3.8, 4) is 0 Å². The molecule has 172 valence electrons. The molecule has 0 bridgehead atoms. The molecule has 1 aliphatic rings. The third kappa shape index (κ3) is 5.30. The van der Waals surface area contributed by atoms with Crippen molar-refractivity contribution in [2.24, 2.45) is 5.92 Å². The van der Waals surface area contributed by atoms with Gasteiger partial charge in [-0.3, -0.25) is 4.79 Å². The molecular formula is C26H35NO4Si. The van der Waals surface area contributed by atoms with Crippen molar-refractivity contribution in [1.82, 2.24) is 4.90 Å². The van der Waals surface area contributed by atoms with E-state index in [4.69, 9.17) is 9.16 Å². The zero-order valence-electron chi connectivity index (χ0n) is 20.0. The number of benzene rings is 2. The van der Waals surface area contributed by atoms with Crippen LogP contribution < -0.4 is 0 Å². The second-order valence-corrected chi connectivity index (χ2v) is 14.9. The van der Waals surface area contributed by atoms with Gasteiger partial charge in [-0.25, -0.2) is 9.69 Å². The molecule has 1 fully saturated rings. The van der Waals surface area contributed by atoms with Gasteiger partial charge in [-0.1, -0.05) is 88.4 Å². The normalized spacial score (nSPS) is 18.9. The first-order chi connectivity index (χ1) is 15.0. The molecule has 0 unspecified atom stereocenters. The second kappa shape index (κ2) is 9.59. The van der Waals surface area contributed by atoms with Crippen molar-refractivity contribution in [3.05, 3.63) is 71.8 Å². The molecule has 5 nitrogen and oxygen atoms in total. The minimum absolute atomic E-state index is 0.00871. The fraction of sp³-hybridized carbons (Fsp3) is 0.462. The van der Waals surface area contributed by atoms with Gasteiger partial charge in [0.2, 0.25) is 5.91 Å². The molecule has 1 saturated heterocycles. The first-order valence-corrected chi connectivity index (χ1v) is 14.2. The number of cyclic esters (lactones) is 1. The molecule has 3 atom stereocenters. The van der Waals surface area contributed by atoms with E-state index >= 15 is 0 Å². The molecule has 0 spiro atoms. The zero-order chi connectivity index (χ0) is 23.5. The zero-order valence-corrected chi connectivity index (χ0v) is 21.0. The quantitative estimate of drug-likeness (QED) is 0.484. The van der Waals surface area contributed by atoms with Gasteiger partial charge in [-0.15, -0.1) is 0 Å². The number of amides is 2. The Morgan fingerprint density at radius 1 is 1.09 bits per heavy atom. The molecule has 1 aliphatic heterocycles. The molecule has 6 heteroatoms. The summed E-state index contributed by atoms with van der Waals surface area (Å²) in [6.07, 6.45) is -0.429. The molecule has 2 amide bonds. The largest absolute Gasteiger partial charge is 0.447 e. The Morgan fingerprint density at radius 3 is 2.22 bits per heavy atom. The summed E-state index contributed by atoms with van der Waals surface area (Å²) in [5.41, 5.74) is 2.02. The van der Waals surface area contributed by atoms with Crippen LogP contribution >= 0.6 is 0 Å². The van der Waals surface area contributed by atoms with Crippen molar-refractivity contribution in [1.29, 1.82) is 0 Å². The highest BCUT2D eigenvalue weighted by Crippen LogP contribution is 2.42. The number of nitrogens with zero attached hydrogens (tertiary/aromatic N) is 1. The molecule has 2 aromatic carbocycles. The van der Waals surface area contributed by atoms with E-state index in [2.05, 4.69) is 33.9 Å². The lowest BCUT2D eigenvalue weighted by Gasteiger charge is -2.41. The number of ether oxygens (including phenoxy) is 1. The smallest absolute Gasteiger partial charge is 0.416 e. The van der Waals surface area contributed by atoms with E-state index in [-0.39, 0.29) is 23.6 Å². The molecule has 0 aromatic heterocycles. The van der Waals surface area contributed by atoms with Gasteiger partial charge in [-0.05, 0) is 35.7 Å². The maximum absolute atomic E-state index is 13.7. The van der Waals surface area contributed by atoms with E-state index in [1.807, 2.05) is 67.6 Å². The topological polar surface area (TPSA) is 55.8 Å². The van der Waals surface area contributed by atoms with Gasteiger partial charge >= 0.3 is 6.09 Å². The number of rotatable bonds is 7. The van der Waals surface area contributed by atoms with Gasteiger partial charge in [0.05, 0.1) is 18.1 Å². The second-order valence-electron chi connectivity index (χ2n) is 10.1. The first-order valence-electron chi connectivity index (χ1n) is 11.3. The summed E-state index contributed by atoms with van der Waals surface area (Å²) in [4.78, 5) is 27.6. The average Bonchev–Trinajstić information content (AvgIpc) is 3.11. The van der Waals surface area contributed by atoms with Gasteiger partial charge in [0.15, 0.2) is 8.32 Å². The highest BCUT2D eigenvalue weighted by molar-refractivity contribution is 6.74. The standard InChI is InChI=1S/C26H35NO4Si/c1-19(23(21-15-11-8-12-16-21)31-32(5,6)26(2,3)4)24(28)27-22(18-30-25(27)29)17-20-13-9-7-10-14-20/h7-16,19,22-23H,17-18H2,1-6H3/t19-,22-,23+/m0/s1. The highest BCUT2D eigenvalue weighted by Gasteiger charge is 2.45. The van der Waals surface area contributed by atoms with Crippen molar-refractivity contribution >= 4 is 20.3 Å². The van der Waals surface area contributed by atoms with E-state index in [0.717, 1.165) is 11.1 Å². The molecule has 1 heterocycles. The third-order valence-corrected chi connectivity index (χ3v) is 11.2. The lowest BCUT2D eigenvalue weighted by molar-refractivity contribution is -0.136. The maximum Gasteiger partial charge on any atom is 0.416 e. The number of carbonyl (C=O) groups excluding carboxylic acids is 2. The van der Waals surface area contributed by atoms with E-state index in [1.54, 1.807) is 0 Å². The van der Waals surface area contributed by atoms with Crippen molar-refractivity contribution in [2.75, 3.05) is 6.61 Å². The van der Waals surface area contributed by atoms with E-state index in [9.17, 15) is 9.59 Å². The predicted octanol–water partition coefficient (Wildman–Crippen LogP) is 5.98. The van der Waals surface area contributed by atoms with Crippen molar-refractivity contribution in [3.63, 3.8) is 0 Å². The van der Waals surface area contributed by atoms with Gasteiger partial charge in [0.1, 0.15) is 6.61 Å². The predicted molar refractivity (Wildman–Crippen MR) is 129 cm³/mol. The fourth-order valence-electron chi connectivity index (χ4n) is 3.71. The Labute approximate surface area is 192 Å². The fourth-order valence-corrected chi connectivity index (χ4v) is 5.04. The average molecular weight is 454 g/mol. The molecule has 0 N–H and O–H groups in total. The van der Waals surface area contributed by atoms with Crippen LogP contribution in [0.25, 0.3) is 0 Å². The number of carbonyl (C=O) groups is 2.